The lowest BCUT2D eigenvalue weighted by Crippen LogP contribution is -2.30. The second-order valence-electron chi connectivity index (χ2n) is 6.71. The molecule has 1 aromatic heterocycles. The van der Waals surface area contributed by atoms with E-state index in [-0.39, 0.29) is 17.5 Å². The molecule has 0 saturated heterocycles. The van der Waals surface area contributed by atoms with E-state index in [1.807, 2.05) is 60.7 Å². The molecule has 2 heterocycles. The number of rotatable bonds is 2. The quantitative estimate of drug-likeness (QED) is 0.525. The van der Waals surface area contributed by atoms with Crippen LogP contribution in [0.4, 0.5) is 11.4 Å². The van der Waals surface area contributed by atoms with Crippen LogP contribution in [-0.2, 0) is 0 Å². The lowest BCUT2D eigenvalue weighted by atomic mass is 9.93. The number of para-hydroxylation sites is 3. The van der Waals surface area contributed by atoms with Crippen LogP contribution in [0.1, 0.15) is 23.4 Å². The zero-order valence-electron chi connectivity index (χ0n) is 14.6. The van der Waals surface area contributed by atoms with E-state index in [0.717, 1.165) is 16.9 Å². The van der Waals surface area contributed by atoms with Gasteiger partial charge in [0.25, 0.3) is 0 Å². The predicted octanol–water partition coefficient (Wildman–Crippen LogP) is 5.11. The number of anilines is 2. The molecule has 0 fully saturated rings. The molecule has 27 heavy (non-hydrogen) atoms. The molecule has 1 aliphatic heterocycles. The molecule has 4 nitrogen and oxygen atoms in total. The van der Waals surface area contributed by atoms with Crippen LogP contribution in [0.5, 0.6) is 0 Å². The number of fused-ring (bicyclic) bond motifs is 2. The third-order valence-corrected chi connectivity index (χ3v) is 5.00. The summed E-state index contributed by atoms with van der Waals surface area (Å²) in [6, 6.07) is 27.0. The molecular weight excluding hydrogens is 336 g/mol. The Labute approximate surface area is 156 Å². The molecule has 0 spiro atoms. The van der Waals surface area contributed by atoms with Gasteiger partial charge in [-0.1, -0.05) is 54.6 Å². The van der Waals surface area contributed by atoms with Gasteiger partial charge in [-0.3, -0.25) is 4.79 Å². The van der Waals surface area contributed by atoms with Crippen molar-refractivity contribution in [3.8, 4) is 0 Å². The second-order valence-corrected chi connectivity index (χ2v) is 6.71. The molecule has 1 aliphatic rings. The van der Waals surface area contributed by atoms with Crippen molar-refractivity contribution in [1.29, 1.82) is 0 Å². The molecule has 0 radical (unpaired) electrons. The molecule has 0 unspecified atom stereocenters. The highest BCUT2D eigenvalue weighted by molar-refractivity contribution is 5.77. The van der Waals surface area contributed by atoms with Gasteiger partial charge in [0.15, 0.2) is 5.43 Å². The Bertz CT molecular complexity index is 1170. The maximum atomic E-state index is 12.6. The van der Waals surface area contributed by atoms with E-state index in [1.54, 1.807) is 12.1 Å². The van der Waals surface area contributed by atoms with Gasteiger partial charge in [-0.2, -0.15) is 0 Å². The fourth-order valence-electron chi connectivity index (χ4n) is 3.68. The minimum Gasteiger partial charge on any atom is -0.459 e. The maximum Gasteiger partial charge on any atom is 0.193 e. The third-order valence-electron chi connectivity index (χ3n) is 5.00. The summed E-state index contributed by atoms with van der Waals surface area (Å²) in [6.07, 6.45) is 0. The second kappa shape index (κ2) is 6.32. The Hall–Kier alpha value is -3.53. The van der Waals surface area contributed by atoms with Gasteiger partial charge in [0.2, 0.25) is 0 Å². The summed E-state index contributed by atoms with van der Waals surface area (Å²) in [5, 5.41) is 7.76. The van der Waals surface area contributed by atoms with Gasteiger partial charge < -0.3 is 15.1 Å². The molecule has 2 atom stereocenters. The Kier molecular flexibility index (Phi) is 3.68. The molecular formula is C23H18N2O2. The molecule has 132 valence electrons. The van der Waals surface area contributed by atoms with Gasteiger partial charge in [0.05, 0.1) is 22.8 Å². The molecule has 4 heteroatoms. The lowest BCUT2D eigenvalue weighted by molar-refractivity contribution is 0.467. The van der Waals surface area contributed by atoms with Crippen LogP contribution in [0, 0.1) is 0 Å². The molecule has 5 rings (SSSR count). The first kappa shape index (κ1) is 15.7. The van der Waals surface area contributed by atoms with Crippen LogP contribution in [0.15, 0.2) is 94.1 Å². The van der Waals surface area contributed by atoms with Crippen molar-refractivity contribution in [3.63, 3.8) is 0 Å². The van der Waals surface area contributed by atoms with Gasteiger partial charge in [-0.25, -0.2) is 0 Å². The summed E-state index contributed by atoms with van der Waals surface area (Å²) in [5.74, 6) is 0.620. The van der Waals surface area contributed by atoms with E-state index in [1.165, 1.54) is 0 Å². The third kappa shape index (κ3) is 2.75. The van der Waals surface area contributed by atoms with Gasteiger partial charge in [-0.05, 0) is 29.8 Å². The smallest absolute Gasteiger partial charge is 0.193 e. The van der Waals surface area contributed by atoms with Gasteiger partial charge in [0, 0.05) is 6.07 Å². The highest BCUT2D eigenvalue weighted by Crippen LogP contribution is 2.42. The maximum absolute atomic E-state index is 12.6. The van der Waals surface area contributed by atoms with Crippen molar-refractivity contribution >= 4 is 22.3 Å². The topological polar surface area (TPSA) is 54.3 Å². The standard InChI is InChI=1S/C23H18N2O2/c26-19-14-21(27-20-13-7-4-10-16(19)20)23-22(15-8-2-1-3-9-15)24-17-11-5-6-12-18(17)25-23/h1-14,22-25H/t22-,23-/m1/s1. The first-order valence-electron chi connectivity index (χ1n) is 8.99. The van der Waals surface area contributed by atoms with Crippen molar-refractivity contribution in [1.82, 2.24) is 0 Å². The number of benzene rings is 3. The summed E-state index contributed by atoms with van der Waals surface area (Å²) in [4.78, 5) is 12.6. The van der Waals surface area contributed by atoms with Crippen LogP contribution in [0.2, 0.25) is 0 Å². The summed E-state index contributed by atoms with van der Waals surface area (Å²) >= 11 is 0. The zero-order valence-corrected chi connectivity index (χ0v) is 14.6. The monoisotopic (exact) mass is 354 g/mol. The average molecular weight is 354 g/mol. The predicted molar refractivity (Wildman–Crippen MR) is 108 cm³/mol. The molecule has 4 aromatic rings. The molecule has 0 amide bonds. The number of nitrogens with one attached hydrogen (secondary N) is 2. The Morgan fingerprint density at radius 2 is 1.33 bits per heavy atom. The Balaban J connectivity index is 1.67. The minimum absolute atomic E-state index is 0.0284. The van der Waals surface area contributed by atoms with E-state index in [2.05, 4.69) is 22.8 Å². The van der Waals surface area contributed by atoms with Crippen molar-refractivity contribution in [3.05, 3.63) is 106 Å². The number of hydrogen-bond acceptors (Lipinski definition) is 4. The fourth-order valence-corrected chi connectivity index (χ4v) is 3.68. The molecule has 0 bridgehead atoms. The summed E-state index contributed by atoms with van der Waals surface area (Å²) in [5.41, 5.74) is 3.73. The highest BCUT2D eigenvalue weighted by Gasteiger charge is 2.32. The van der Waals surface area contributed by atoms with E-state index >= 15 is 0 Å². The van der Waals surface area contributed by atoms with E-state index in [0.29, 0.717) is 16.7 Å². The Morgan fingerprint density at radius 1 is 0.704 bits per heavy atom. The fraction of sp³-hybridized carbons (Fsp3) is 0.0870. The van der Waals surface area contributed by atoms with Crippen LogP contribution in [0.25, 0.3) is 11.0 Å². The van der Waals surface area contributed by atoms with E-state index in [9.17, 15) is 4.79 Å². The zero-order chi connectivity index (χ0) is 18.2. The molecule has 3 aromatic carbocycles. The Morgan fingerprint density at radius 3 is 2.11 bits per heavy atom. The van der Waals surface area contributed by atoms with Crippen molar-refractivity contribution in [2.24, 2.45) is 0 Å². The number of hydrogen-bond donors (Lipinski definition) is 2. The van der Waals surface area contributed by atoms with Crippen LogP contribution in [0.3, 0.4) is 0 Å². The summed E-state index contributed by atoms with van der Waals surface area (Å²) in [7, 11) is 0. The molecule has 0 saturated carbocycles. The van der Waals surface area contributed by atoms with Crippen molar-refractivity contribution < 1.29 is 4.42 Å². The first-order valence-corrected chi connectivity index (χ1v) is 8.99. The minimum atomic E-state index is -0.209. The summed E-state index contributed by atoms with van der Waals surface area (Å²) < 4.78 is 6.15. The normalized spacial score (nSPS) is 18.4. The first-order chi connectivity index (χ1) is 13.3. The molecule has 2 N–H and O–H groups in total. The van der Waals surface area contributed by atoms with Crippen LogP contribution >= 0.6 is 0 Å². The van der Waals surface area contributed by atoms with Gasteiger partial charge in [-0.15, -0.1) is 0 Å². The van der Waals surface area contributed by atoms with E-state index in [4.69, 9.17) is 4.42 Å². The highest BCUT2D eigenvalue weighted by atomic mass is 16.3. The van der Waals surface area contributed by atoms with Crippen molar-refractivity contribution in [2.75, 3.05) is 10.6 Å². The summed E-state index contributed by atoms with van der Waals surface area (Å²) in [6.45, 7) is 0. The van der Waals surface area contributed by atoms with Crippen LogP contribution < -0.4 is 16.1 Å². The SMILES string of the molecule is O=c1cc([C@H]2Nc3ccccc3N[C@@H]2c2ccccc2)oc2ccccc12. The van der Waals surface area contributed by atoms with Crippen LogP contribution in [-0.4, -0.2) is 0 Å². The van der Waals surface area contributed by atoms with Gasteiger partial charge in [0.1, 0.15) is 17.4 Å². The largest absolute Gasteiger partial charge is 0.459 e. The lowest BCUT2D eigenvalue weighted by Gasteiger charge is -2.35. The average Bonchev–Trinajstić information content (AvgIpc) is 2.73. The van der Waals surface area contributed by atoms with Gasteiger partial charge >= 0.3 is 0 Å². The molecule has 0 aliphatic carbocycles. The van der Waals surface area contributed by atoms with Crippen molar-refractivity contribution in [2.45, 2.75) is 12.1 Å². The van der Waals surface area contributed by atoms with E-state index < -0.39 is 0 Å².